The van der Waals surface area contributed by atoms with E-state index >= 15 is 0 Å². The molecule has 1 heterocycles. The molecule has 1 atom stereocenters. The first-order valence-corrected chi connectivity index (χ1v) is 5.43. The molecule has 1 saturated heterocycles. The third-order valence-corrected chi connectivity index (χ3v) is 2.56. The van der Waals surface area contributed by atoms with Crippen LogP contribution in [0.25, 0.3) is 0 Å². The van der Waals surface area contributed by atoms with Crippen molar-refractivity contribution in [2.45, 2.75) is 13.0 Å². The van der Waals surface area contributed by atoms with Crippen molar-refractivity contribution in [3.05, 3.63) is 0 Å². The lowest BCUT2D eigenvalue weighted by Crippen LogP contribution is -2.48. The van der Waals surface area contributed by atoms with Crippen LogP contribution in [-0.2, 0) is 4.79 Å². The number of nitrogens with one attached hydrogen (secondary N) is 1. The van der Waals surface area contributed by atoms with E-state index in [1.54, 1.807) is 6.92 Å². The lowest BCUT2D eigenvalue weighted by molar-refractivity contribution is -0.123. The Morgan fingerprint density at radius 2 is 2.00 bits per heavy atom. The van der Waals surface area contributed by atoms with Gasteiger partial charge in [0.1, 0.15) is 0 Å². The quantitative estimate of drug-likeness (QED) is 0.614. The second-order valence-corrected chi connectivity index (χ2v) is 4.23. The van der Waals surface area contributed by atoms with Gasteiger partial charge in [0.2, 0.25) is 5.91 Å². The Bertz CT molecular complexity index is 201. The Hall–Kier alpha value is -0.650. The van der Waals surface area contributed by atoms with Gasteiger partial charge in [-0.2, -0.15) is 0 Å². The van der Waals surface area contributed by atoms with Crippen LogP contribution < -0.4 is 5.32 Å². The molecule has 5 nitrogen and oxygen atoms in total. The number of nitrogens with zero attached hydrogens (tertiary/aromatic N) is 2. The minimum Gasteiger partial charge on any atom is -0.392 e. The monoisotopic (exact) mass is 215 g/mol. The molecule has 2 N–H and O–H groups in total. The molecule has 15 heavy (non-hydrogen) atoms. The smallest absolute Gasteiger partial charge is 0.234 e. The lowest BCUT2D eigenvalue weighted by atomic mass is 10.3. The van der Waals surface area contributed by atoms with E-state index in [4.69, 9.17) is 5.11 Å². The van der Waals surface area contributed by atoms with Crippen LogP contribution in [-0.4, -0.2) is 73.2 Å². The largest absolute Gasteiger partial charge is 0.392 e. The molecule has 1 aliphatic rings. The van der Waals surface area contributed by atoms with E-state index in [0.29, 0.717) is 13.1 Å². The second-order valence-electron chi connectivity index (χ2n) is 4.23. The highest BCUT2D eigenvalue weighted by atomic mass is 16.3. The van der Waals surface area contributed by atoms with Crippen molar-refractivity contribution in [1.82, 2.24) is 15.1 Å². The average Bonchev–Trinajstić information content (AvgIpc) is 2.19. The van der Waals surface area contributed by atoms with Crippen LogP contribution in [0.3, 0.4) is 0 Å². The fraction of sp³-hybridized carbons (Fsp3) is 0.900. The highest BCUT2D eigenvalue weighted by Crippen LogP contribution is 1.97. The van der Waals surface area contributed by atoms with Crippen molar-refractivity contribution < 1.29 is 9.90 Å². The number of hydrogen-bond acceptors (Lipinski definition) is 4. The van der Waals surface area contributed by atoms with Crippen LogP contribution in [0.5, 0.6) is 0 Å². The van der Waals surface area contributed by atoms with Gasteiger partial charge in [0, 0.05) is 32.7 Å². The van der Waals surface area contributed by atoms with E-state index < -0.39 is 6.10 Å². The highest BCUT2D eigenvalue weighted by Gasteiger charge is 2.16. The molecule has 0 aromatic carbocycles. The second kappa shape index (κ2) is 6.05. The Labute approximate surface area is 91.0 Å². The lowest BCUT2D eigenvalue weighted by Gasteiger charge is -2.31. The summed E-state index contributed by atoms with van der Waals surface area (Å²) in [5, 5.41) is 11.7. The normalized spacial score (nSPS) is 21.3. The summed E-state index contributed by atoms with van der Waals surface area (Å²) in [6.07, 6.45) is -0.471. The summed E-state index contributed by atoms with van der Waals surface area (Å²) in [5.41, 5.74) is 0. The number of hydrogen-bond donors (Lipinski definition) is 2. The highest BCUT2D eigenvalue weighted by molar-refractivity contribution is 5.78. The standard InChI is InChI=1S/C10H21N3O2/c1-9(14)7-11-10(15)8-13-5-3-12(2)4-6-13/h9,14H,3-8H2,1-2H3,(H,11,15)/t9-/m0/s1. The summed E-state index contributed by atoms with van der Waals surface area (Å²) in [6, 6.07) is 0. The summed E-state index contributed by atoms with van der Waals surface area (Å²) in [4.78, 5) is 15.8. The number of aliphatic hydroxyl groups excluding tert-OH is 1. The predicted octanol–water partition coefficient (Wildman–Crippen LogP) is -1.27. The summed E-state index contributed by atoms with van der Waals surface area (Å²) in [6.45, 7) is 6.37. The first kappa shape index (κ1) is 12.4. The summed E-state index contributed by atoms with van der Waals surface area (Å²) < 4.78 is 0. The first-order valence-electron chi connectivity index (χ1n) is 5.43. The van der Waals surface area contributed by atoms with Gasteiger partial charge in [-0.1, -0.05) is 0 Å². The van der Waals surface area contributed by atoms with Crippen molar-refractivity contribution in [2.24, 2.45) is 0 Å². The van der Waals surface area contributed by atoms with Gasteiger partial charge < -0.3 is 15.3 Å². The zero-order valence-corrected chi connectivity index (χ0v) is 9.57. The van der Waals surface area contributed by atoms with Gasteiger partial charge in [0.05, 0.1) is 12.6 Å². The van der Waals surface area contributed by atoms with Crippen molar-refractivity contribution in [3.8, 4) is 0 Å². The summed E-state index contributed by atoms with van der Waals surface area (Å²) in [5.74, 6) is 0.000420. The maximum Gasteiger partial charge on any atom is 0.234 e. The molecule has 0 radical (unpaired) electrons. The van der Waals surface area contributed by atoms with Gasteiger partial charge >= 0.3 is 0 Å². The molecule has 0 aromatic heterocycles. The minimum atomic E-state index is -0.471. The van der Waals surface area contributed by atoms with Crippen molar-refractivity contribution in [2.75, 3.05) is 46.3 Å². The van der Waals surface area contributed by atoms with E-state index in [1.807, 2.05) is 0 Å². The molecular formula is C10H21N3O2. The predicted molar refractivity (Wildman–Crippen MR) is 58.6 cm³/mol. The summed E-state index contributed by atoms with van der Waals surface area (Å²) >= 11 is 0. The van der Waals surface area contributed by atoms with Crippen LogP contribution >= 0.6 is 0 Å². The van der Waals surface area contributed by atoms with E-state index in [0.717, 1.165) is 26.2 Å². The Morgan fingerprint density at radius 3 is 2.53 bits per heavy atom. The van der Waals surface area contributed by atoms with Gasteiger partial charge in [-0.25, -0.2) is 0 Å². The van der Waals surface area contributed by atoms with Gasteiger partial charge in [-0.15, -0.1) is 0 Å². The molecular weight excluding hydrogens is 194 g/mol. The number of aliphatic hydroxyl groups is 1. The molecule has 0 bridgehead atoms. The maximum atomic E-state index is 11.4. The van der Waals surface area contributed by atoms with Gasteiger partial charge in [0.25, 0.3) is 0 Å². The molecule has 0 unspecified atom stereocenters. The number of amides is 1. The van der Waals surface area contributed by atoms with Crippen molar-refractivity contribution in [3.63, 3.8) is 0 Å². The van der Waals surface area contributed by atoms with Crippen LogP contribution in [0.2, 0.25) is 0 Å². The fourth-order valence-corrected chi connectivity index (χ4v) is 1.53. The van der Waals surface area contributed by atoms with Gasteiger partial charge in [-0.05, 0) is 14.0 Å². The topological polar surface area (TPSA) is 55.8 Å². The Kier molecular flexibility index (Phi) is 5.01. The minimum absolute atomic E-state index is 0.000420. The molecule has 1 rings (SSSR count). The number of carbonyl (C=O) groups excluding carboxylic acids is 1. The number of piperazine rings is 1. The molecule has 1 fully saturated rings. The van der Waals surface area contributed by atoms with E-state index in [1.165, 1.54) is 0 Å². The third-order valence-electron chi connectivity index (χ3n) is 2.56. The molecule has 0 aliphatic carbocycles. The van der Waals surface area contributed by atoms with E-state index in [9.17, 15) is 4.79 Å². The van der Waals surface area contributed by atoms with Crippen molar-refractivity contribution >= 4 is 5.91 Å². The number of rotatable bonds is 4. The molecule has 0 saturated carbocycles. The third kappa shape index (κ3) is 5.11. The zero-order chi connectivity index (χ0) is 11.3. The Morgan fingerprint density at radius 1 is 1.40 bits per heavy atom. The molecule has 1 amide bonds. The summed E-state index contributed by atoms with van der Waals surface area (Å²) in [7, 11) is 2.09. The number of carbonyl (C=O) groups is 1. The molecule has 5 heteroatoms. The van der Waals surface area contributed by atoms with Crippen LogP contribution in [0, 0.1) is 0 Å². The average molecular weight is 215 g/mol. The van der Waals surface area contributed by atoms with Crippen LogP contribution in [0.15, 0.2) is 0 Å². The van der Waals surface area contributed by atoms with Gasteiger partial charge in [0.15, 0.2) is 0 Å². The van der Waals surface area contributed by atoms with Gasteiger partial charge in [-0.3, -0.25) is 9.69 Å². The fourth-order valence-electron chi connectivity index (χ4n) is 1.53. The zero-order valence-electron chi connectivity index (χ0n) is 9.57. The molecule has 1 aliphatic heterocycles. The molecule has 0 aromatic rings. The Balaban J connectivity index is 2.15. The van der Waals surface area contributed by atoms with Crippen LogP contribution in [0.1, 0.15) is 6.92 Å². The van der Waals surface area contributed by atoms with Crippen molar-refractivity contribution in [1.29, 1.82) is 0 Å². The van der Waals surface area contributed by atoms with E-state index in [2.05, 4.69) is 22.2 Å². The molecule has 0 spiro atoms. The molecule has 88 valence electrons. The number of likely N-dealkylation sites (N-methyl/N-ethyl adjacent to an activating group) is 1. The van der Waals surface area contributed by atoms with Crippen LogP contribution in [0.4, 0.5) is 0 Å². The SMILES string of the molecule is C[C@H](O)CNC(=O)CN1CCN(C)CC1. The first-order chi connectivity index (χ1) is 7.08. The van der Waals surface area contributed by atoms with E-state index in [-0.39, 0.29) is 5.91 Å². The maximum absolute atomic E-state index is 11.4.